The van der Waals surface area contributed by atoms with Gasteiger partial charge in [-0.2, -0.15) is 0 Å². The average molecular weight is 713 g/mol. The van der Waals surface area contributed by atoms with E-state index in [0.717, 1.165) is 5.56 Å². The Morgan fingerprint density at radius 1 is 0.720 bits per heavy atom. The van der Waals surface area contributed by atoms with E-state index in [1.54, 1.807) is 24.3 Å². The van der Waals surface area contributed by atoms with Crippen LogP contribution in [0, 0.1) is 11.8 Å². The van der Waals surface area contributed by atoms with Gasteiger partial charge < -0.3 is 83.1 Å². The number of aromatic hydroxyl groups is 1. The Hall–Kier alpha value is -3.20. The first-order chi connectivity index (χ1) is 24.0. The highest BCUT2D eigenvalue weighted by molar-refractivity contribution is 5.55. The predicted molar refractivity (Wildman–Crippen MR) is 166 cm³/mol. The quantitative estimate of drug-likeness (QED) is 0.142. The van der Waals surface area contributed by atoms with Gasteiger partial charge in [-0.3, -0.25) is 0 Å². The van der Waals surface area contributed by atoms with Crippen LogP contribution in [0.4, 0.5) is 0 Å². The Bertz CT molecular complexity index is 1440. The first-order valence-electron chi connectivity index (χ1n) is 16.0. The van der Waals surface area contributed by atoms with E-state index >= 15 is 0 Å². The summed E-state index contributed by atoms with van der Waals surface area (Å²) in [5, 5.41) is 72.3. The van der Waals surface area contributed by atoms with E-state index in [4.69, 9.17) is 47.4 Å². The number of hydrogen-bond donors (Lipinski definition) is 7. The summed E-state index contributed by atoms with van der Waals surface area (Å²) in [6.45, 7) is -0.858. The highest BCUT2D eigenvalue weighted by atomic mass is 16.7. The van der Waals surface area contributed by atoms with Crippen LogP contribution in [0.5, 0.6) is 34.5 Å². The van der Waals surface area contributed by atoms with Gasteiger partial charge >= 0.3 is 0 Å². The number of methoxy groups -OCH3 is 4. The number of ether oxygens (including phenoxy) is 10. The van der Waals surface area contributed by atoms with Crippen molar-refractivity contribution >= 4 is 0 Å². The number of hydrogen-bond acceptors (Lipinski definition) is 17. The van der Waals surface area contributed by atoms with Gasteiger partial charge in [0.15, 0.2) is 29.3 Å². The number of aliphatic hydroxyl groups is 6. The van der Waals surface area contributed by atoms with Crippen molar-refractivity contribution in [3.05, 3.63) is 35.4 Å². The molecular formula is C33H44O17. The van der Waals surface area contributed by atoms with Gasteiger partial charge in [-0.05, 0) is 35.4 Å². The molecule has 0 aliphatic carbocycles. The van der Waals surface area contributed by atoms with E-state index in [1.807, 2.05) is 0 Å². The van der Waals surface area contributed by atoms with E-state index < -0.39 is 74.6 Å². The summed E-state index contributed by atoms with van der Waals surface area (Å²) >= 11 is 0. The van der Waals surface area contributed by atoms with Crippen LogP contribution in [0.1, 0.15) is 23.3 Å². The topological polar surface area (TPSA) is 234 Å². The van der Waals surface area contributed by atoms with Gasteiger partial charge in [0.05, 0.1) is 73.7 Å². The lowest BCUT2D eigenvalue weighted by molar-refractivity contribution is -0.289. The molecule has 2 aromatic rings. The molecule has 0 amide bonds. The summed E-state index contributed by atoms with van der Waals surface area (Å²) in [6.07, 6.45) is -11.6. The van der Waals surface area contributed by atoms with Gasteiger partial charge in [0, 0.05) is 11.8 Å². The monoisotopic (exact) mass is 712 g/mol. The molecule has 0 aromatic heterocycles. The van der Waals surface area contributed by atoms with E-state index in [1.165, 1.54) is 28.4 Å². The van der Waals surface area contributed by atoms with Gasteiger partial charge in [-0.1, -0.05) is 0 Å². The average Bonchev–Trinajstić information content (AvgIpc) is 3.82. The third-order valence-corrected chi connectivity index (χ3v) is 9.81. The summed E-state index contributed by atoms with van der Waals surface area (Å²) in [6, 6.07) is 6.83. The molecule has 17 nitrogen and oxygen atoms in total. The van der Waals surface area contributed by atoms with Crippen LogP contribution in [-0.4, -0.2) is 146 Å². The molecule has 7 N–H and O–H groups in total. The zero-order valence-corrected chi connectivity index (χ0v) is 27.9. The number of phenols is 1. The molecule has 50 heavy (non-hydrogen) atoms. The molecule has 4 heterocycles. The van der Waals surface area contributed by atoms with Crippen molar-refractivity contribution in [1.29, 1.82) is 0 Å². The smallest absolute Gasteiger partial charge is 0.229 e. The Morgan fingerprint density at radius 3 is 1.72 bits per heavy atom. The molecule has 0 saturated carbocycles. The second-order valence-corrected chi connectivity index (χ2v) is 12.7. The molecule has 0 spiro atoms. The normalized spacial score (nSPS) is 36.6. The second-order valence-electron chi connectivity index (χ2n) is 12.7. The van der Waals surface area contributed by atoms with Crippen molar-refractivity contribution in [2.45, 2.75) is 60.9 Å². The highest BCUT2D eigenvalue weighted by Crippen LogP contribution is 2.53. The summed E-state index contributed by atoms with van der Waals surface area (Å²) in [7, 11) is 5.74. The molecule has 4 saturated heterocycles. The maximum absolute atomic E-state index is 10.8. The standard InChI is InChI=1S/C33H44O17/c1-41-18-5-14(6-19(42-2)23(18)35)27-16-9-46-28(17(16)10-45-27)15-7-20(43-3)29(21(8-15)44-4)50-31-26(38)25(37)24(36)22(49-31)11-47-32-30(39)33(40,12-34)13-48-32/h5-8,16-17,22,24-28,30-32,34-40H,9-13H2,1-4H3/t16-,17-,22+,24+,25-,26+,27+,28+,30-,31-,32+,33+/m0/s1. The first-order valence-corrected chi connectivity index (χ1v) is 16.0. The fraction of sp³-hybridized carbons (Fsp3) is 0.636. The molecule has 2 aromatic carbocycles. The lowest BCUT2D eigenvalue weighted by Gasteiger charge is -2.40. The van der Waals surface area contributed by atoms with Crippen LogP contribution in [0.2, 0.25) is 0 Å². The fourth-order valence-electron chi connectivity index (χ4n) is 6.89. The first kappa shape index (κ1) is 36.6. The molecule has 12 atom stereocenters. The molecule has 4 fully saturated rings. The molecule has 4 aliphatic rings. The summed E-state index contributed by atoms with van der Waals surface area (Å²) in [5.74, 6) is 0.741. The number of benzene rings is 2. The maximum Gasteiger partial charge on any atom is 0.229 e. The Labute approximate surface area is 287 Å². The minimum Gasteiger partial charge on any atom is -0.502 e. The molecule has 0 bridgehead atoms. The summed E-state index contributed by atoms with van der Waals surface area (Å²) in [4.78, 5) is 0. The molecular weight excluding hydrogens is 668 g/mol. The Balaban J connectivity index is 1.18. The lowest BCUT2D eigenvalue weighted by Crippen LogP contribution is -2.60. The zero-order chi connectivity index (χ0) is 35.9. The molecule has 4 aliphatic heterocycles. The van der Waals surface area contributed by atoms with Gasteiger partial charge in [0.2, 0.25) is 17.8 Å². The van der Waals surface area contributed by atoms with Crippen molar-refractivity contribution in [3.8, 4) is 34.5 Å². The van der Waals surface area contributed by atoms with Gasteiger partial charge in [-0.15, -0.1) is 0 Å². The van der Waals surface area contributed by atoms with Crippen molar-refractivity contribution in [2.24, 2.45) is 11.8 Å². The predicted octanol–water partition coefficient (Wildman–Crippen LogP) is -0.855. The van der Waals surface area contributed by atoms with Gasteiger partial charge in [-0.25, -0.2) is 0 Å². The van der Waals surface area contributed by atoms with Crippen LogP contribution in [-0.2, 0) is 23.7 Å². The number of rotatable bonds is 12. The van der Waals surface area contributed by atoms with Crippen molar-refractivity contribution in [2.75, 3.05) is 61.5 Å². The zero-order valence-electron chi connectivity index (χ0n) is 27.9. The molecule has 0 radical (unpaired) electrons. The van der Waals surface area contributed by atoms with Crippen molar-refractivity contribution < 1.29 is 83.1 Å². The third kappa shape index (κ3) is 6.52. The fourth-order valence-corrected chi connectivity index (χ4v) is 6.89. The van der Waals surface area contributed by atoms with E-state index in [0.29, 0.717) is 18.8 Å². The van der Waals surface area contributed by atoms with Gasteiger partial charge in [0.25, 0.3) is 0 Å². The van der Waals surface area contributed by atoms with Crippen molar-refractivity contribution in [3.63, 3.8) is 0 Å². The SMILES string of the molecule is COc1cc([C@H]2OC[C@H]3[C@@H]2CO[C@@H]3c2cc(OC)c(O[C@@H]3O[C@H](CO[C@@H]4OC[C@](O)(CO)[C@H]4O)[C@@H](O)[C@H](O)[C@H]3O)c(OC)c2)cc(OC)c1O. The highest BCUT2D eigenvalue weighted by Gasteiger charge is 2.51. The Kier molecular flexibility index (Phi) is 10.8. The van der Waals surface area contributed by atoms with Crippen LogP contribution in [0.15, 0.2) is 24.3 Å². The number of fused-ring (bicyclic) bond motifs is 1. The van der Waals surface area contributed by atoms with E-state index in [2.05, 4.69) is 0 Å². The minimum atomic E-state index is -1.93. The third-order valence-electron chi connectivity index (χ3n) is 9.81. The number of phenolic OH excluding ortho intramolecular Hbond substituents is 1. The van der Waals surface area contributed by atoms with E-state index in [-0.39, 0.29) is 52.4 Å². The van der Waals surface area contributed by atoms with Gasteiger partial charge in [0.1, 0.15) is 36.1 Å². The van der Waals surface area contributed by atoms with E-state index in [9.17, 15) is 35.7 Å². The maximum atomic E-state index is 10.8. The summed E-state index contributed by atoms with van der Waals surface area (Å²) < 4.78 is 57.1. The van der Waals surface area contributed by atoms with Crippen LogP contribution < -0.4 is 23.7 Å². The molecule has 6 rings (SSSR count). The largest absolute Gasteiger partial charge is 0.502 e. The van der Waals surface area contributed by atoms with Crippen LogP contribution in [0.25, 0.3) is 0 Å². The van der Waals surface area contributed by atoms with Crippen LogP contribution >= 0.6 is 0 Å². The minimum absolute atomic E-state index is 0.0343. The lowest BCUT2D eigenvalue weighted by atomic mass is 9.84. The Morgan fingerprint density at radius 2 is 1.24 bits per heavy atom. The molecule has 0 unspecified atom stereocenters. The molecule has 17 heteroatoms. The second kappa shape index (κ2) is 14.8. The summed E-state index contributed by atoms with van der Waals surface area (Å²) in [5.41, 5.74) is -0.454. The van der Waals surface area contributed by atoms with Crippen molar-refractivity contribution in [1.82, 2.24) is 0 Å². The van der Waals surface area contributed by atoms with Crippen LogP contribution in [0.3, 0.4) is 0 Å². The number of aliphatic hydroxyl groups excluding tert-OH is 5. The molecule has 278 valence electrons.